The summed E-state index contributed by atoms with van der Waals surface area (Å²) in [4.78, 5) is 0.157. The molecule has 0 amide bonds. The van der Waals surface area contributed by atoms with Gasteiger partial charge < -0.3 is 5.73 Å². The molecule has 0 saturated carbocycles. The van der Waals surface area contributed by atoms with E-state index in [1.807, 2.05) is 6.92 Å². The van der Waals surface area contributed by atoms with Gasteiger partial charge in [-0.25, -0.2) is 0 Å². The van der Waals surface area contributed by atoms with Gasteiger partial charge in [0, 0.05) is 0 Å². The molecule has 0 aromatic carbocycles. The van der Waals surface area contributed by atoms with Gasteiger partial charge in [0.1, 0.15) is 6.10 Å². The lowest BCUT2D eigenvalue weighted by Crippen LogP contribution is -2.15. The highest BCUT2D eigenvalue weighted by atomic mass is 32.2. The Labute approximate surface area is 66.2 Å². The molecule has 0 unspecified atom stereocenters. The highest BCUT2D eigenvalue weighted by Gasteiger charge is 2.32. The Morgan fingerprint density at radius 2 is 2.18 bits per heavy atom. The summed E-state index contributed by atoms with van der Waals surface area (Å²) in [6, 6.07) is 0. The zero-order valence-corrected chi connectivity index (χ0v) is 7.31. The van der Waals surface area contributed by atoms with Gasteiger partial charge >= 0.3 is 0 Å². The maximum atomic E-state index is 11.0. The van der Waals surface area contributed by atoms with Crippen molar-refractivity contribution in [3.63, 3.8) is 0 Å². The van der Waals surface area contributed by atoms with Gasteiger partial charge in [0.25, 0.3) is 10.1 Å². The summed E-state index contributed by atoms with van der Waals surface area (Å²) in [5.74, 6) is 0. The van der Waals surface area contributed by atoms with Crippen molar-refractivity contribution < 1.29 is 12.6 Å². The summed E-state index contributed by atoms with van der Waals surface area (Å²) in [5, 5.41) is 0. The molecule has 0 spiro atoms. The van der Waals surface area contributed by atoms with Crippen LogP contribution in [-0.2, 0) is 14.3 Å². The summed E-state index contributed by atoms with van der Waals surface area (Å²) < 4.78 is 26.7. The summed E-state index contributed by atoms with van der Waals surface area (Å²) >= 11 is 0. The highest BCUT2D eigenvalue weighted by molar-refractivity contribution is 7.90. The van der Waals surface area contributed by atoms with E-state index >= 15 is 0 Å². The monoisotopic (exact) mass is 177 g/mol. The van der Waals surface area contributed by atoms with Crippen molar-refractivity contribution in [2.75, 3.05) is 0 Å². The molecule has 0 bridgehead atoms. The van der Waals surface area contributed by atoms with Gasteiger partial charge in [0.05, 0.1) is 10.6 Å². The summed E-state index contributed by atoms with van der Waals surface area (Å²) in [6.07, 6.45) is 0.141. The molecule has 5 heteroatoms. The van der Waals surface area contributed by atoms with Gasteiger partial charge in [-0.1, -0.05) is 6.92 Å². The molecule has 1 rings (SSSR count). The van der Waals surface area contributed by atoms with E-state index in [-0.39, 0.29) is 4.91 Å². The molecular formula is C6H11NO3S. The van der Waals surface area contributed by atoms with Gasteiger partial charge in [-0.15, -0.1) is 0 Å². The zero-order chi connectivity index (χ0) is 8.65. The molecule has 0 fully saturated rings. The van der Waals surface area contributed by atoms with Gasteiger partial charge in [-0.2, -0.15) is 8.42 Å². The zero-order valence-electron chi connectivity index (χ0n) is 6.49. The fourth-order valence-corrected chi connectivity index (χ4v) is 2.05. The van der Waals surface area contributed by atoms with Crippen LogP contribution in [0.3, 0.4) is 0 Å². The average molecular weight is 177 g/mol. The first-order chi connectivity index (χ1) is 4.99. The van der Waals surface area contributed by atoms with Crippen molar-refractivity contribution in [2.45, 2.75) is 26.4 Å². The Balaban J connectivity index is 3.08. The first kappa shape index (κ1) is 8.55. The lowest BCUT2D eigenvalue weighted by molar-refractivity contribution is 0.254. The number of hydrogen-bond donors (Lipinski definition) is 1. The van der Waals surface area contributed by atoms with Crippen molar-refractivity contribution in [3.8, 4) is 0 Å². The van der Waals surface area contributed by atoms with Crippen molar-refractivity contribution in [1.82, 2.24) is 0 Å². The predicted octanol–water partition coefficient (Wildman–Crippen LogP) is 0.315. The second kappa shape index (κ2) is 2.49. The molecule has 2 N–H and O–H groups in total. The standard InChI is InChI=1S/C6H11NO3S/c1-3-5-6(7)4(2)11(8,9)10-5/h5H,3,7H2,1-2H3/t5-/m0/s1. The molecule has 0 aromatic rings. The van der Waals surface area contributed by atoms with Gasteiger partial charge in [-0.3, -0.25) is 4.18 Å². The third kappa shape index (κ3) is 1.25. The Bertz CT molecular complexity index is 291. The van der Waals surface area contributed by atoms with E-state index in [1.165, 1.54) is 6.92 Å². The SMILES string of the molecule is CC[C@@H]1OS(=O)(=O)C(C)=C1N. The topological polar surface area (TPSA) is 69.4 Å². The fraction of sp³-hybridized carbons (Fsp3) is 0.667. The van der Waals surface area contributed by atoms with Crippen LogP contribution in [-0.4, -0.2) is 14.5 Å². The van der Waals surface area contributed by atoms with Crippen LogP contribution in [0, 0.1) is 0 Å². The van der Waals surface area contributed by atoms with Crippen molar-refractivity contribution >= 4 is 10.1 Å². The minimum absolute atomic E-state index is 0.157. The summed E-state index contributed by atoms with van der Waals surface area (Å²) in [5.41, 5.74) is 5.82. The van der Waals surface area contributed by atoms with E-state index in [4.69, 9.17) is 9.92 Å². The van der Waals surface area contributed by atoms with Gasteiger partial charge in [0.2, 0.25) is 0 Å². The van der Waals surface area contributed by atoms with Crippen molar-refractivity contribution in [3.05, 3.63) is 10.6 Å². The number of nitrogens with two attached hydrogens (primary N) is 1. The number of allylic oxidation sites excluding steroid dienone is 1. The lowest BCUT2D eigenvalue weighted by Gasteiger charge is -2.04. The molecule has 1 heterocycles. The van der Waals surface area contributed by atoms with Crippen LogP contribution < -0.4 is 5.73 Å². The normalized spacial score (nSPS) is 29.5. The number of hydrogen-bond acceptors (Lipinski definition) is 4. The maximum Gasteiger partial charge on any atom is 0.295 e. The Kier molecular flexibility index (Phi) is 1.94. The molecule has 0 aromatic heterocycles. The Morgan fingerprint density at radius 1 is 1.64 bits per heavy atom. The third-order valence-electron chi connectivity index (χ3n) is 1.74. The molecule has 11 heavy (non-hydrogen) atoms. The van der Waals surface area contributed by atoms with Gasteiger partial charge in [-0.05, 0) is 13.3 Å². The van der Waals surface area contributed by atoms with Crippen LogP contribution in [0.2, 0.25) is 0 Å². The van der Waals surface area contributed by atoms with Crippen LogP contribution in [0.5, 0.6) is 0 Å². The first-order valence-corrected chi connectivity index (χ1v) is 4.79. The largest absolute Gasteiger partial charge is 0.399 e. The maximum absolute atomic E-state index is 11.0. The Hall–Kier alpha value is -0.550. The van der Waals surface area contributed by atoms with Crippen LogP contribution in [0.1, 0.15) is 20.3 Å². The molecule has 0 aliphatic carbocycles. The van der Waals surface area contributed by atoms with Crippen LogP contribution >= 0.6 is 0 Å². The van der Waals surface area contributed by atoms with E-state index in [0.717, 1.165) is 0 Å². The quantitative estimate of drug-likeness (QED) is 0.585. The van der Waals surface area contributed by atoms with E-state index < -0.39 is 16.2 Å². The van der Waals surface area contributed by atoms with Crippen LogP contribution in [0.4, 0.5) is 0 Å². The molecule has 0 radical (unpaired) electrons. The highest BCUT2D eigenvalue weighted by Crippen LogP contribution is 2.26. The molecular weight excluding hydrogens is 166 g/mol. The molecule has 1 aliphatic heterocycles. The van der Waals surface area contributed by atoms with E-state index in [2.05, 4.69) is 0 Å². The minimum atomic E-state index is -3.48. The molecule has 4 nitrogen and oxygen atoms in total. The second-order valence-electron chi connectivity index (χ2n) is 2.46. The van der Waals surface area contributed by atoms with Crippen LogP contribution in [0.15, 0.2) is 10.6 Å². The van der Waals surface area contributed by atoms with Crippen molar-refractivity contribution in [1.29, 1.82) is 0 Å². The summed E-state index contributed by atoms with van der Waals surface area (Å²) in [7, 11) is -3.48. The summed E-state index contributed by atoms with van der Waals surface area (Å²) in [6.45, 7) is 3.28. The predicted molar refractivity (Wildman–Crippen MR) is 41.0 cm³/mol. The number of rotatable bonds is 1. The van der Waals surface area contributed by atoms with Crippen LogP contribution in [0.25, 0.3) is 0 Å². The molecule has 1 atom stereocenters. The molecule has 0 saturated heterocycles. The fourth-order valence-electron chi connectivity index (χ4n) is 0.936. The van der Waals surface area contributed by atoms with E-state index in [0.29, 0.717) is 12.1 Å². The average Bonchev–Trinajstić information content (AvgIpc) is 2.13. The molecule has 64 valence electrons. The Morgan fingerprint density at radius 3 is 2.36 bits per heavy atom. The minimum Gasteiger partial charge on any atom is -0.399 e. The molecule has 1 aliphatic rings. The van der Waals surface area contributed by atoms with E-state index in [1.54, 1.807) is 0 Å². The van der Waals surface area contributed by atoms with E-state index in [9.17, 15) is 8.42 Å². The second-order valence-corrected chi connectivity index (χ2v) is 4.17. The van der Waals surface area contributed by atoms with Gasteiger partial charge in [0.15, 0.2) is 0 Å². The first-order valence-electron chi connectivity index (χ1n) is 3.38. The smallest absolute Gasteiger partial charge is 0.295 e. The lowest BCUT2D eigenvalue weighted by atomic mass is 10.2. The van der Waals surface area contributed by atoms with Crippen molar-refractivity contribution in [2.24, 2.45) is 5.73 Å². The third-order valence-corrected chi connectivity index (χ3v) is 3.21.